The zero-order valence-corrected chi connectivity index (χ0v) is 11.1. The van der Waals surface area contributed by atoms with E-state index in [1.807, 2.05) is 12.3 Å². The summed E-state index contributed by atoms with van der Waals surface area (Å²) in [6.45, 7) is 4.72. The van der Waals surface area contributed by atoms with Crippen LogP contribution in [0.4, 0.5) is 5.69 Å². The Morgan fingerprint density at radius 3 is 2.72 bits per heavy atom. The molecule has 1 N–H and O–H groups in total. The van der Waals surface area contributed by atoms with Crippen molar-refractivity contribution >= 4 is 16.6 Å². The topological polar surface area (TPSA) is 24.9 Å². The largest absolute Gasteiger partial charge is 0.381 e. The van der Waals surface area contributed by atoms with Crippen molar-refractivity contribution in [2.45, 2.75) is 32.7 Å². The van der Waals surface area contributed by atoms with Gasteiger partial charge in [-0.25, -0.2) is 0 Å². The van der Waals surface area contributed by atoms with Crippen molar-refractivity contribution in [3.63, 3.8) is 0 Å². The summed E-state index contributed by atoms with van der Waals surface area (Å²) in [5, 5.41) is 4.95. The molecule has 2 heteroatoms. The third-order valence-corrected chi connectivity index (χ3v) is 4.46. The highest BCUT2D eigenvalue weighted by Crippen LogP contribution is 2.34. The van der Waals surface area contributed by atoms with Crippen molar-refractivity contribution in [1.82, 2.24) is 4.98 Å². The predicted octanol–water partition coefficient (Wildman–Crippen LogP) is 4.08. The van der Waals surface area contributed by atoms with E-state index < -0.39 is 0 Å². The molecule has 0 spiro atoms. The smallest absolute Gasteiger partial charge is 0.0722 e. The van der Waals surface area contributed by atoms with Crippen molar-refractivity contribution in [3.8, 4) is 0 Å². The van der Waals surface area contributed by atoms with Gasteiger partial charge in [0.2, 0.25) is 0 Å². The maximum atomic E-state index is 4.41. The Balaban J connectivity index is 1.91. The lowest BCUT2D eigenvalue weighted by Gasteiger charge is -2.21. The summed E-state index contributed by atoms with van der Waals surface area (Å²) in [6, 6.07) is 11.0. The Hall–Kier alpha value is -1.57. The molecule has 1 heterocycles. The molecule has 1 aromatic carbocycles. The van der Waals surface area contributed by atoms with E-state index in [4.69, 9.17) is 0 Å². The number of hydrogen-bond acceptors (Lipinski definition) is 2. The summed E-state index contributed by atoms with van der Waals surface area (Å²) in [5.41, 5.74) is 2.30. The predicted molar refractivity (Wildman–Crippen MR) is 76.7 cm³/mol. The quantitative estimate of drug-likeness (QED) is 0.855. The molecule has 3 atom stereocenters. The molecule has 94 valence electrons. The number of aromatic nitrogens is 1. The molecule has 2 aromatic rings. The van der Waals surface area contributed by atoms with E-state index >= 15 is 0 Å². The van der Waals surface area contributed by atoms with Crippen LogP contribution in [0.3, 0.4) is 0 Å². The van der Waals surface area contributed by atoms with Gasteiger partial charge in [0, 0.05) is 23.3 Å². The van der Waals surface area contributed by atoms with Crippen LogP contribution >= 0.6 is 0 Å². The first-order valence-corrected chi connectivity index (χ1v) is 6.86. The van der Waals surface area contributed by atoms with Crippen LogP contribution in [0.15, 0.2) is 36.5 Å². The molecule has 18 heavy (non-hydrogen) atoms. The third kappa shape index (κ3) is 1.96. The van der Waals surface area contributed by atoms with E-state index in [-0.39, 0.29) is 0 Å². The Labute approximate surface area is 108 Å². The first kappa shape index (κ1) is 11.5. The summed E-state index contributed by atoms with van der Waals surface area (Å²) < 4.78 is 0. The van der Waals surface area contributed by atoms with Gasteiger partial charge in [-0.2, -0.15) is 0 Å². The van der Waals surface area contributed by atoms with E-state index in [2.05, 4.69) is 48.4 Å². The minimum absolute atomic E-state index is 0.603. The molecule has 0 saturated heterocycles. The normalized spacial score (nSPS) is 27.6. The van der Waals surface area contributed by atoms with Crippen LogP contribution in [0, 0.1) is 11.8 Å². The molecule has 1 aliphatic carbocycles. The second kappa shape index (κ2) is 4.60. The molecule has 3 rings (SSSR count). The lowest BCUT2D eigenvalue weighted by atomic mass is 9.97. The van der Waals surface area contributed by atoms with Gasteiger partial charge >= 0.3 is 0 Å². The van der Waals surface area contributed by atoms with Crippen molar-refractivity contribution in [3.05, 3.63) is 36.5 Å². The van der Waals surface area contributed by atoms with Crippen LogP contribution in [0.1, 0.15) is 26.7 Å². The molecule has 0 amide bonds. The Morgan fingerprint density at radius 2 is 1.94 bits per heavy atom. The monoisotopic (exact) mass is 240 g/mol. The van der Waals surface area contributed by atoms with E-state index in [1.54, 1.807) is 0 Å². The van der Waals surface area contributed by atoms with Gasteiger partial charge in [0.1, 0.15) is 0 Å². The maximum Gasteiger partial charge on any atom is 0.0722 e. The van der Waals surface area contributed by atoms with Crippen LogP contribution in [-0.4, -0.2) is 11.0 Å². The fraction of sp³-hybridized carbons (Fsp3) is 0.438. The highest BCUT2D eigenvalue weighted by molar-refractivity contribution is 5.90. The molecular formula is C16H20N2. The van der Waals surface area contributed by atoms with E-state index in [0.717, 1.165) is 17.4 Å². The lowest BCUT2D eigenvalue weighted by molar-refractivity contribution is 0.435. The molecule has 1 aromatic heterocycles. The van der Waals surface area contributed by atoms with Crippen LogP contribution in [0.25, 0.3) is 10.9 Å². The number of fused-ring (bicyclic) bond motifs is 1. The maximum absolute atomic E-state index is 4.41. The highest BCUT2D eigenvalue weighted by Gasteiger charge is 2.29. The van der Waals surface area contributed by atoms with Crippen LogP contribution in [0.5, 0.6) is 0 Å². The fourth-order valence-electron chi connectivity index (χ4n) is 2.99. The molecule has 1 fully saturated rings. The first-order chi connectivity index (χ1) is 8.75. The molecule has 0 aliphatic heterocycles. The minimum atomic E-state index is 0.603. The zero-order valence-electron chi connectivity index (χ0n) is 11.1. The first-order valence-electron chi connectivity index (χ1n) is 6.86. The van der Waals surface area contributed by atoms with Gasteiger partial charge in [-0.3, -0.25) is 4.98 Å². The number of para-hydroxylation sites is 1. The molecule has 1 saturated carbocycles. The summed E-state index contributed by atoms with van der Waals surface area (Å²) in [7, 11) is 0. The Morgan fingerprint density at radius 1 is 1.11 bits per heavy atom. The number of benzene rings is 1. The van der Waals surface area contributed by atoms with E-state index in [9.17, 15) is 0 Å². The summed E-state index contributed by atoms with van der Waals surface area (Å²) in [6.07, 6.45) is 4.51. The second-order valence-corrected chi connectivity index (χ2v) is 5.54. The summed E-state index contributed by atoms with van der Waals surface area (Å²) >= 11 is 0. The van der Waals surface area contributed by atoms with Crippen molar-refractivity contribution < 1.29 is 0 Å². The minimum Gasteiger partial charge on any atom is -0.381 e. The van der Waals surface area contributed by atoms with Gasteiger partial charge in [-0.15, -0.1) is 0 Å². The van der Waals surface area contributed by atoms with E-state index in [1.165, 1.54) is 23.9 Å². The molecule has 1 aliphatic rings. The SMILES string of the molecule is CC1CCC(Nc2ccnc3ccccc23)C1C. The summed E-state index contributed by atoms with van der Waals surface area (Å²) in [4.78, 5) is 4.41. The van der Waals surface area contributed by atoms with Gasteiger partial charge in [0.25, 0.3) is 0 Å². The number of nitrogens with zero attached hydrogens (tertiary/aromatic N) is 1. The summed E-state index contributed by atoms with van der Waals surface area (Å²) in [5.74, 6) is 1.58. The highest BCUT2D eigenvalue weighted by atomic mass is 14.9. The molecule has 0 radical (unpaired) electrons. The number of anilines is 1. The Bertz CT molecular complexity index is 544. The van der Waals surface area contributed by atoms with Crippen molar-refractivity contribution in [1.29, 1.82) is 0 Å². The van der Waals surface area contributed by atoms with Gasteiger partial charge < -0.3 is 5.32 Å². The standard InChI is InChI=1S/C16H20N2/c1-11-7-8-14(12(11)2)18-16-9-10-17-15-6-4-3-5-13(15)16/h3-6,9-12,14H,7-8H2,1-2H3,(H,17,18). The third-order valence-electron chi connectivity index (χ3n) is 4.46. The van der Waals surface area contributed by atoms with Crippen LogP contribution in [0.2, 0.25) is 0 Å². The lowest BCUT2D eigenvalue weighted by Crippen LogP contribution is -2.24. The van der Waals surface area contributed by atoms with Crippen molar-refractivity contribution in [2.24, 2.45) is 11.8 Å². The van der Waals surface area contributed by atoms with Crippen LogP contribution in [-0.2, 0) is 0 Å². The van der Waals surface area contributed by atoms with Crippen LogP contribution < -0.4 is 5.32 Å². The molecule has 2 nitrogen and oxygen atoms in total. The molecule has 0 bridgehead atoms. The van der Waals surface area contributed by atoms with Gasteiger partial charge in [-0.1, -0.05) is 32.0 Å². The number of pyridine rings is 1. The Kier molecular flexibility index (Phi) is 2.94. The molecule has 3 unspecified atom stereocenters. The number of nitrogens with one attached hydrogen (secondary N) is 1. The number of hydrogen-bond donors (Lipinski definition) is 1. The van der Waals surface area contributed by atoms with Gasteiger partial charge in [-0.05, 0) is 36.8 Å². The van der Waals surface area contributed by atoms with E-state index in [0.29, 0.717) is 6.04 Å². The average molecular weight is 240 g/mol. The second-order valence-electron chi connectivity index (χ2n) is 5.54. The van der Waals surface area contributed by atoms with Gasteiger partial charge in [0.15, 0.2) is 0 Å². The average Bonchev–Trinajstić information content (AvgIpc) is 2.71. The van der Waals surface area contributed by atoms with Gasteiger partial charge in [0.05, 0.1) is 5.52 Å². The fourth-order valence-corrected chi connectivity index (χ4v) is 2.99. The molecular weight excluding hydrogens is 220 g/mol. The zero-order chi connectivity index (χ0) is 12.5. The van der Waals surface area contributed by atoms with Crippen molar-refractivity contribution in [2.75, 3.05) is 5.32 Å². The number of rotatable bonds is 2.